The van der Waals surface area contributed by atoms with E-state index in [1.807, 2.05) is 30.3 Å². The predicted octanol–water partition coefficient (Wildman–Crippen LogP) is 2.51. The van der Waals surface area contributed by atoms with Crippen molar-refractivity contribution in [3.8, 4) is 0 Å². The standard InChI is InChI=1S/C19H24N2O5S/c1-24-10-6-9-21(11-17-20-16(14-27-17)19(23)25-2)18(22)13-26-12-15-7-4-3-5-8-15/h3-5,7-8,14H,6,9-13H2,1-2H3. The third kappa shape index (κ3) is 7.09. The average Bonchev–Trinajstić information content (AvgIpc) is 3.16. The minimum absolute atomic E-state index is 0.0168. The van der Waals surface area contributed by atoms with E-state index < -0.39 is 5.97 Å². The number of methoxy groups -OCH3 is 2. The minimum Gasteiger partial charge on any atom is -0.464 e. The maximum absolute atomic E-state index is 12.6. The molecule has 0 saturated heterocycles. The number of amides is 1. The van der Waals surface area contributed by atoms with Crippen molar-refractivity contribution in [2.24, 2.45) is 0 Å². The molecule has 0 aliphatic carbocycles. The number of nitrogens with zero attached hydrogens (tertiary/aromatic N) is 2. The number of esters is 1. The molecule has 1 heterocycles. The summed E-state index contributed by atoms with van der Waals surface area (Å²) in [6.07, 6.45) is 0.705. The first kappa shape index (κ1) is 21.0. The van der Waals surface area contributed by atoms with Crippen molar-refractivity contribution >= 4 is 23.2 Å². The molecule has 0 aliphatic rings. The lowest BCUT2D eigenvalue weighted by molar-refractivity contribution is -0.137. The molecular weight excluding hydrogens is 368 g/mol. The molecule has 0 fully saturated rings. The number of benzene rings is 1. The second-order valence-electron chi connectivity index (χ2n) is 5.76. The van der Waals surface area contributed by atoms with Gasteiger partial charge >= 0.3 is 5.97 Å². The van der Waals surface area contributed by atoms with Crippen LogP contribution in [0.5, 0.6) is 0 Å². The quantitative estimate of drug-likeness (QED) is 0.432. The van der Waals surface area contributed by atoms with Gasteiger partial charge in [-0.1, -0.05) is 30.3 Å². The van der Waals surface area contributed by atoms with Gasteiger partial charge in [0.25, 0.3) is 0 Å². The van der Waals surface area contributed by atoms with E-state index in [1.165, 1.54) is 18.4 Å². The maximum atomic E-state index is 12.6. The molecule has 0 N–H and O–H groups in total. The van der Waals surface area contributed by atoms with Gasteiger partial charge in [0.15, 0.2) is 5.69 Å². The molecule has 0 aliphatic heterocycles. The summed E-state index contributed by atoms with van der Waals surface area (Å²) in [6, 6.07) is 9.69. The van der Waals surface area contributed by atoms with Gasteiger partial charge in [-0.15, -0.1) is 11.3 Å². The smallest absolute Gasteiger partial charge is 0.357 e. The Morgan fingerprint density at radius 1 is 1.19 bits per heavy atom. The fraction of sp³-hybridized carbons (Fsp3) is 0.421. The number of carbonyl (C=O) groups excluding carboxylic acids is 2. The first-order valence-corrected chi connectivity index (χ1v) is 9.43. The normalized spacial score (nSPS) is 10.6. The fourth-order valence-electron chi connectivity index (χ4n) is 2.36. The van der Waals surface area contributed by atoms with Gasteiger partial charge in [-0.2, -0.15) is 0 Å². The summed E-state index contributed by atoms with van der Waals surface area (Å²) in [6.45, 7) is 1.76. The van der Waals surface area contributed by atoms with Gasteiger partial charge in [0.2, 0.25) is 5.91 Å². The van der Waals surface area contributed by atoms with Gasteiger partial charge in [-0.3, -0.25) is 4.79 Å². The highest BCUT2D eigenvalue weighted by atomic mass is 32.1. The van der Waals surface area contributed by atoms with E-state index in [2.05, 4.69) is 9.72 Å². The number of ether oxygens (including phenoxy) is 3. The van der Waals surface area contributed by atoms with E-state index in [0.29, 0.717) is 37.7 Å². The second-order valence-corrected chi connectivity index (χ2v) is 6.70. The van der Waals surface area contributed by atoms with Crippen LogP contribution in [0, 0.1) is 0 Å². The van der Waals surface area contributed by atoms with Crippen molar-refractivity contribution < 1.29 is 23.8 Å². The molecule has 146 valence electrons. The molecule has 0 bridgehead atoms. The van der Waals surface area contributed by atoms with E-state index in [1.54, 1.807) is 17.4 Å². The van der Waals surface area contributed by atoms with Gasteiger partial charge in [0.05, 0.1) is 20.3 Å². The number of carbonyl (C=O) groups is 2. The van der Waals surface area contributed by atoms with Crippen LogP contribution in [-0.2, 0) is 32.2 Å². The van der Waals surface area contributed by atoms with Crippen molar-refractivity contribution in [2.45, 2.75) is 19.6 Å². The van der Waals surface area contributed by atoms with Crippen LogP contribution in [0.15, 0.2) is 35.7 Å². The van der Waals surface area contributed by atoms with Crippen molar-refractivity contribution in [3.05, 3.63) is 52.0 Å². The first-order chi connectivity index (χ1) is 13.1. The summed E-state index contributed by atoms with van der Waals surface area (Å²) in [5.41, 5.74) is 1.26. The molecule has 2 rings (SSSR count). The monoisotopic (exact) mass is 392 g/mol. The Bertz CT molecular complexity index is 720. The highest BCUT2D eigenvalue weighted by Gasteiger charge is 2.18. The molecule has 0 unspecified atom stereocenters. The van der Waals surface area contributed by atoms with Crippen LogP contribution in [0.4, 0.5) is 0 Å². The topological polar surface area (TPSA) is 78.0 Å². The van der Waals surface area contributed by atoms with Crippen LogP contribution in [0.1, 0.15) is 27.5 Å². The molecule has 1 amide bonds. The lowest BCUT2D eigenvalue weighted by Crippen LogP contribution is -2.35. The van der Waals surface area contributed by atoms with Crippen LogP contribution < -0.4 is 0 Å². The van der Waals surface area contributed by atoms with Crippen molar-refractivity contribution in [1.29, 1.82) is 0 Å². The summed E-state index contributed by atoms with van der Waals surface area (Å²) in [5.74, 6) is -0.613. The van der Waals surface area contributed by atoms with Crippen molar-refractivity contribution in [1.82, 2.24) is 9.88 Å². The Labute approximate surface area is 162 Å². The fourth-order valence-corrected chi connectivity index (χ4v) is 3.14. The molecular formula is C19H24N2O5S. The first-order valence-electron chi connectivity index (χ1n) is 8.55. The number of aromatic nitrogens is 1. The Morgan fingerprint density at radius 3 is 2.67 bits per heavy atom. The van der Waals surface area contributed by atoms with Gasteiger partial charge in [-0.05, 0) is 12.0 Å². The molecule has 2 aromatic rings. The summed E-state index contributed by atoms with van der Waals surface area (Å²) < 4.78 is 15.3. The van der Waals surface area contributed by atoms with Crippen LogP contribution in [-0.4, -0.2) is 55.7 Å². The van der Waals surface area contributed by atoms with E-state index in [-0.39, 0.29) is 18.2 Å². The summed E-state index contributed by atoms with van der Waals surface area (Å²) in [7, 11) is 2.94. The van der Waals surface area contributed by atoms with Crippen LogP contribution in [0.25, 0.3) is 0 Å². The highest BCUT2D eigenvalue weighted by molar-refractivity contribution is 7.09. The predicted molar refractivity (Wildman–Crippen MR) is 101 cm³/mol. The van der Waals surface area contributed by atoms with E-state index in [4.69, 9.17) is 9.47 Å². The van der Waals surface area contributed by atoms with Gasteiger partial charge in [-0.25, -0.2) is 9.78 Å². The molecule has 8 heteroatoms. The van der Waals surface area contributed by atoms with Crippen molar-refractivity contribution in [2.75, 3.05) is 34.0 Å². The summed E-state index contributed by atoms with van der Waals surface area (Å²) in [5, 5.41) is 2.30. The number of thiazole rings is 1. The van der Waals surface area contributed by atoms with Crippen LogP contribution in [0.2, 0.25) is 0 Å². The Balaban J connectivity index is 1.92. The molecule has 0 radical (unpaired) electrons. The van der Waals surface area contributed by atoms with E-state index in [9.17, 15) is 9.59 Å². The Kier molecular flexibility index (Phi) is 8.90. The van der Waals surface area contributed by atoms with Crippen LogP contribution in [0.3, 0.4) is 0 Å². The second kappa shape index (κ2) is 11.4. The lowest BCUT2D eigenvalue weighted by Gasteiger charge is -2.21. The molecule has 0 atom stereocenters. The zero-order valence-corrected chi connectivity index (χ0v) is 16.4. The van der Waals surface area contributed by atoms with Crippen molar-refractivity contribution in [3.63, 3.8) is 0 Å². The number of hydrogen-bond donors (Lipinski definition) is 0. The maximum Gasteiger partial charge on any atom is 0.357 e. The molecule has 27 heavy (non-hydrogen) atoms. The lowest BCUT2D eigenvalue weighted by atomic mass is 10.2. The Hall–Kier alpha value is -2.29. The summed E-state index contributed by atoms with van der Waals surface area (Å²) >= 11 is 1.32. The number of hydrogen-bond acceptors (Lipinski definition) is 7. The summed E-state index contributed by atoms with van der Waals surface area (Å²) in [4.78, 5) is 30.0. The van der Waals surface area contributed by atoms with E-state index >= 15 is 0 Å². The van der Waals surface area contributed by atoms with Gasteiger partial charge in [0, 0.05) is 25.6 Å². The highest BCUT2D eigenvalue weighted by Crippen LogP contribution is 2.14. The minimum atomic E-state index is -0.485. The zero-order valence-electron chi connectivity index (χ0n) is 15.6. The van der Waals surface area contributed by atoms with Gasteiger partial charge < -0.3 is 19.1 Å². The third-order valence-electron chi connectivity index (χ3n) is 3.74. The third-order valence-corrected chi connectivity index (χ3v) is 4.57. The molecule has 1 aromatic carbocycles. The molecule has 1 aromatic heterocycles. The Morgan fingerprint density at radius 2 is 1.96 bits per heavy atom. The SMILES string of the molecule is COCCCN(Cc1nc(C(=O)OC)cs1)C(=O)COCc1ccccc1. The molecule has 7 nitrogen and oxygen atoms in total. The van der Waals surface area contributed by atoms with Crippen LogP contribution >= 0.6 is 11.3 Å². The number of rotatable bonds is 11. The molecule has 0 spiro atoms. The molecule has 0 saturated carbocycles. The average molecular weight is 392 g/mol. The zero-order chi connectivity index (χ0) is 19.5. The van der Waals surface area contributed by atoms with Gasteiger partial charge in [0.1, 0.15) is 11.6 Å². The largest absolute Gasteiger partial charge is 0.464 e. The van der Waals surface area contributed by atoms with E-state index in [0.717, 1.165) is 5.56 Å².